The number of carbonyl (C=O) groups is 2. The minimum Gasteiger partial charge on any atom is -0.480 e. The number of anilines is 1. The summed E-state index contributed by atoms with van der Waals surface area (Å²) in [6.07, 6.45) is 3.34. The molecule has 1 aliphatic carbocycles. The lowest BCUT2D eigenvalue weighted by molar-refractivity contribution is -0.145. The van der Waals surface area contributed by atoms with E-state index in [-0.39, 0.29) is 0 Å². The molecule has 5 nitrogen and oxygen atoms in total. The number of benzene rings is 1. The van der Waals surface area contributed by atoms with Crippen LogP contribution in [0.1, 0.15) is 37.7 Å². The third kappa shape index (κ3) is 3.71. The van der Waals surface area contributed by atoms with Gasteiger partial charge in [0.25, 0.3) is 0 Å². The fourth-order valence-corrected chi connectivity index (χ4v) is 2.74. The Morgan fingerprint density at radius 3 is 2.43 bits per heavy atom. The molecule has 0 aromatic heterocycles. The standard InChI is InChI=1S/C15H19FN2O3/c1-10-7-11(16)9-12(8-10)17-14(21)18-15(13(19)20)5-3-2-4-6-15/h7-9H,2-6H2,1H3,(H,19,20)(H2,17,18,21). The molecule has 0 bridgehead atoms. The summed E-state index contributed by atoms with van der Waals surface area (Å²) in [5, 5.41) is 14.4. The van der Waals surface area contributed by atoms with Crippen LogP contribution in [0.2, 0.25) is 0 Å². The monoisotopic (exact) mass is 294 g/mol. The van der Waals surface area contributed by atoms with Crippen molar-refractivity contribution in [1.82, 2.24) is 5.32 Å². The Kier molecular flexibility index (Phi) is 4.45. The lowest BCUT2D eigenvalue weighted by atomic mass is 9.82. The second-order valence-electron chi connectivity index (χ2n) is 5.54. The Bertz CT molecular complexity index is 534. The first-order valence-corrected chi connectivity index (χ1v) is 7.01. The largest absolute Gasteiger partial charge is 0.480 e. The summed E-state index contributed by atoms with van der Waals surface area (Å²) in [4.78, 5) is 23.5. The van der Waals surface area contributed by atoms with Gasteiger partial charge in [0.2, 0.25) is 0 Å². The number of nitrogens with one attached hydrogen (secondary N) is 2. The topological polar surface area (TPSA) is 78.4 Å². The second-order valence-corrected chi connectivity index (χ2v) is 5.54. The quantitative estimate of drug-likeness (QED) is 0.801. The molecule has 0 saturated heterocycles. The molecule has 0 aliphatic heterocycles. The summed E-state index contributed by atoms with van der Waals surface area (Å²) >= 11 is 0. The number of carbonyl (C=O) groups excluding carboxylic acids is 1. The highest BCUT2D eigenvalue weighted by molar-refractivity contribution is 5.94. The van der Waals surface area contributed by atoms with E-state index in [1.165, 1.54) is 12.1 Å². The summed E-state index contributed by atoms with van der Waals surface area (Å²) in [7, 11) is 0. The Hall–Kier alpha value is -2.11. The Morgan fingerprint density at radius 1 is 1.19 bits per heavy atom. The molecule has 114 valence electrons. The number of carboxylic acids is 1. The maximum Gasteiger partial charge on any atom is 0.329 e. The molecule has 21 heavy (non-hydrogen) atoms. The van der Waals surface area contributed by atoms with E-state index in [9.17, 15) is 19.1 Å². The van der Waals surface area contributed by atoms with Crippen LogP contribution in [0.25, 0.3) is 0 Å². The van der Waals surface area contributed by atoms with Crippen LogP contribution in [-0.2, 0) is 4.79 Å². The van der Waals surface area contributed by atoms with Gasteiger partial charge in [-0.1, -0.05) is 19.3 Å². The molecule has 0 spiro atoms. The van der Waals surface area contributed by atoms with Gasteiger partial charge in [-0.15, -0.1) is 0 Å². The first kappa shape index (κ1) is 15.3. The average Bonchev–Trinajstić information content (AvgIpc) is 2.37. The number of aryl methyl sites for hydroxylation is 1. The highest BCUT2D eigenvalue weighted by atomic mass is 19.1. The van der Waals surface area contributed by atoms with Crippen molar-refractivity contribution in [2.45, 2.75) is 44.6 Å². The molecule has 1 saturated carbocycles. The molecule has 0 heterocycles. The molecule has 1 fully saturated rings. The molecule has 2 amide bonds. The lowest BCUT2D eigenvalue weighted by Crippen LogP contribution is -2.56. The molecule has 0 atom stereocenters. The minimum absolute atomic E-state index is 0.307. The van der Waals surface area contributed by atoms with Gasteiger partial charge in [-0.2, -0.15) is 0 Å². The molecular formula is C15H19FN2O3. The minimum atomic E-state index is -1.22. The number of aliphatic carboxylic acids is 1. The predicted octanol–water partition coefficient (Wildman–Crippen LogP) is 3.04. The van der Waals surface area contributed by atoms with Gasteiger partial charge in [0, 0.05) is 5.69 Å². The molecule has 1 aromatic carbocycles. The molecule has 0 radical (unpaired) electrons. The Labute approximate surface area is 122 Å². The number of hydrogen-bond donors (Lipinski definition) is 3. The van der Waals surface area contributed by atoms with Crippen LogP contribution in [0, 0.1) is 12.7 Å². The fraction of sp³-hybridized carbons (Fsp3) is 0.467. The first-order valence-electron chi connectivity index (χ1n) is 7.01. The zero-order chi connectivity index (χ0) is 15.5. The molecule has 3 N–H and O–H groups in total. The predicted molar refractivity (Wildman–Crippen MR) is 76.7 cm³/mol. The van der Waals surface area contributed by atoms with Crippen molar-refractivity contribution >= 4 is 17.7 Å². The van der Waals surface area contributed by atoms with Crippen LogP contribution in [0.15, 0.2) is 18.2 Å². The zero-order valence-corrected chi connectivity index (χ0v) is 11.9. The zero-order valence-electron chi connectivity index (χ0n) is 11.9. The molecular weight excluding hydrogens is 275 g/mol. The summed E-state index contributed by atoms with van der Waals surface area (Å²) in [6.45, 7) is 1.71. The van der Waals surface area contributed by atoms with E-state index in [1.54, 1.807) is 13.0 Å². The van der Waals surface area contributed by atoms with Crippen molar-refractivity contribution in [3.05, 3.63) is 29.6 Å². The van der Waals surface area contributed by atoms with Crippen molar-refractivity contribution in [2.24, 2.45) is 0 Å². The van der Waals surface area contributed by atoms with Gasteiger partial charge in [0.05, 0.1) is 0 Å². The summed E-state index contributed by atoms with van der Waals surface area (Å²) in [5.41, 5.74) is -0.234. The number of hydrogen-bond acceptors (Lipinski definition) is 2. The summed E-state index contributed by atoms with van der Waals surface area (Å²) < 4.78 is 13.3. The third-order valence-corrected chi connectivity index (χ3v) is 3.77. The van der Waals surface area contributed by atoms with Gasteiger partial charge >= 0.3 is 12.0 Å². The highest BCUT2D eigenvalue weighted by Gasteiger charge is 2.40. The van der Waals surface area contributed by atoms with Gasteiger partial charge in [0.1, 0.15) is 11.4 Å². The van der Waals surface area contributed by atoms with Crippen LogP contribution < -0.4 is 10.6 Å². The van der Waals surface area contributed by atoms with E-state index in [0.717, 1.165) is 19.3 Å². The van der Waals surface area contributed by atoms with E-state index in [4.69, 9.17) is 0 Å². The van der Waals surface area contributed by atoms with Crippen molar-refractivity contribution in [3.8, 4) is 0 Å². The molecule has 0 unspecified atom stereocenters. The number of urea groups is 1. The van der Waals surface area contributed by atoms with Gasteiger partial charge < -0.3 is 15.7 Å². The van der Waals surface area contributed by atoms with E-state index >= 15 is 0 Å². The third-order valence-electron chi connectivity index (χ3n) is 3.77. The highest BCUT2D eigenvalue weighted by Crippen LogP contribution is 2.28. The number of halogens is 1. The van der Waals surface area contributed by atoms with Crippen LogP contribution in [-0.4, -0.2) is 22.6 Å². The maximum absolute atomic E-state index is 13.3. The molecule has 6 heteroatoms. The fourth-order valence-electron chi connectivity index (χ4n) is 2.74. The lowest BCUT2D eigenvalue weighted by Gasteiger charge is -2.33. The summed E-state index contributed by atoms with van der Waals surface area (Å²) in [5.74, 6) is -1.47. The van der Waals surface area contributed by atoms with Gasteiger partial charge in [-0.25, -0.2) is 14.0 Å². The van der Waals surface area contributed by atoms with Crippen molar-refractivity contribution < 1.29 is 19.1 Å². The van der Waals surface area contributed by atoms with Crippen molar-refractivity contribution in [3.63, 3.8) is 0 Å². The van der Waals surface area contributed by atoms with Crippen LogP contribution in [0.4, 0.5) is 14.9 Å². The first-order chi connectivity index (χ1) is 9.91. The molecule has 1 aromatic rings. The maximum atomic E-state index is 13.3. The van der Waals surface area contributed by atoms with Gasteiger partial charge in [-0.3, -0.25) is 0 Å². The van der Waals surface area contributed by atoms with Gasteiger partial charge in [-0.05, 0) is 43.5 Å². The number of amides is 2. The van der Waals surface area contributed by atoms with Crippen LogP contribution in [0.5, 0.6) is 0 Å². The van der Waals surface area contributed by atoms with E-state index in [2.05, 4.69) is 10.6 Å². The Balaban J connectivity index is 2.07. The van der Waals surface area contributed by atoms with E-state index in [1.807, 2.05) is 0 Å². The normalized spacial score (nSPS) is 17.0. The van der Waals surface area contributed by atoms with Crippen LogP contribution >= 0.6 is 0 Å². The van der Waals surface area contributed by atoms with Gasteiger partial charge in [0.15, 0.2) is 0 Å². The van der Waals surface area contributed by atoms with E-state index in [0.29, 0.717) is 24.1 Å². The van der Waals surface area contributed by atoms with Crippen molar-refractivity contribution in [1.29, 1.82) is 0 Å². The van der Waals surface area contributed by atoms with E-state index < -0.39 is 23.4 Å². The summed E-state index contributed by atoms with van der Waals surface area (Å²) in [6, 6.07) is 3.55. The number of rotatable bonds is 3. The van der Waals surface area contributed by atoms with Crippen molar-refractivity contribution in [2.75, 3.05) is 5.32 Å². The second kappa shape index (κ2) is 6.11. The SMILES string of the molecule is Cc1cc(F)cc(NC(=O)NC2(C(=O)O)CCCCC2)c1. The van der Waals surface area contributed by atoms with Crippen LogP contribution in [0.3, 0.4) is 0 Å². The molecule has 1 aliphatic rings. The average molecular weight is 294 g/mol. The number of carboxylic acid groups (broad SMARTS) is 1. The smallest absolute Gasteiger partial charge is 0.329 e. The Morgan fingerprint density at radius 2 is 1.86 bits per heavy atom. The molecule has 2 rings (SSSR count).